The molecule has 2 atom stereocenters. The molecule has 0 aromatic carbocycles. The summed E-state index contributed by atoms with van der Waals surface area (Å²) < 4.78 is 0. The number of piperidine rings is 1. The topological polar surface area (TPSA) is 52.9 Å². The highest BCUT2D eigenvalue weighted by Gasteiger charge is 2.32. The van der Waals surface area contributed by atoms with Crippen LogP contribution in [0.4, 0.5) is 0 Å². The Morgan fingerprint density at radius 3 is 3.00 bits per heavy atom. The fourth-order valence-corrected chi connectivity index (χ4v) is 4.03. The summed E-state index contributed by atoms with van der Waals surface area (Å²) >= 11 is 1.81. The molecule has 1 N–H and O–H groups in total. The van der Waals surface area contributed by atoms with Crippen LogP contribution in [0.5, 0.6) is 0 Å². The van der Waals surface area contributed by atoms with Crippen LogP contribution in [-0.2, 0) is 4.79 Å². The molecule has 2 rings (SSSR count). The van der Waals surface area contributed by atoms with Crippen LogP contribution in [0.25, 0.3) is 0 Å². The van der Waals surface area contributed by atoms with Gasteiger partial charge in [-0.1, -0.05) is 18.5 Å². The van der Waals surface area contributed by atoms with Gasteiger partial charge in [-0.25, -0.2) is 0 Å². The molecule has 2 fully saturated rings. The normalized spacial score (nSPS) is 31.6. The second-order valence-corrected chi connectivity index (χ2v) is 6.40. The molecule has 0 saturated carbocycles. The Kier molecular flexibility index (Phi) is 4.92. The minimum Gasteiger partial charge on any atom is -0.411 e. The van der Waals surface area contributed by atoms with Gasteiger partial charge in [0, 0.05) is 25.4 Å². The summed E-state index contributed by atoms with van der Waals surface area (Å²) in [5, 5.41) is 12.5. The monoisotopic (exact) mass is 270 g/mol. The third kappa shape index (κ3) is 2.99. The van der Waals surface area contributed by atoms with Crippen LogP contribution in [-0.4, -0.2) is 45.8 Å². The maximum atomic E-state index is 12.4. The molecule has 0 bridgehead atoms. The van der Waals surface area contributed by atoms with Gasteiger partial charge in [0.25, 0.3) is 0 Å². The Morgan fingerprint density at radius 2 is 2.39 bits per heavy atom. The molecular weight excluding hydrogens is 248 g/mol. The number of carbonyl (C=O) groups excluding carboxylic acids is 1. The Labute approximate surface area is 113 Å². The highest BCUT2D eigenvalue weighted by Crippen LogP contribution is 2.28. The standard InChI is InChI=1S/C13H22N2O2S/c1-2-10-9-15(7-6-11(10)14-17)13(16)12-5-3-4-8-18-12/h10,12,17H,2-9H2,1H3. The molecule has 0 spiro atoms. The van der Waals surface area contributed by atoms with Crippen LogP contribution in [0.2, 0.25) is 0 Å². The summed E-state index contributed by atoms with van der Waals surface area (Å²) in [5.41, 5.74) is 0.859. The third-order valence-corrected chi connectivity index (χ3v) is 5.30. The maximum Gasteiger partial charge on any atom is 0.235 e. The van der Waals surface area contributed by atoms with E-state index in [-0.39, 0.29) is 11.2 Å². The number of hydrogen-bond acceptors (Lipinski definition) is 4. The molecule has 1 amide bonds. The van der Waals surface area contributed by atoms with E-state index >= 15 is 0 Å². The van der Waals surface area contributed by atoms with Crippen LogP contribution in [0.1, 0.15) is 39.0 Å². The number of nitrogens with zero attached hydrogens (tertiary/aromatic N) is 2. The first-order valence-electron chi connectivity index (χ1n) is 6.87. The summed E-state index contributed by atoms with van der Waals surface area (Å²) in [6.07, 6.45) is 5.10. The van der Waals surface area contributed by atoms with Crippen molar-refractivity contribution in [3.63, 3.8) is 0 Å². The number of likely N-dealkylation sites (tertiary alicyclic amines) is 1. The molecule has 2 aliphatic rings. The van der Waals surface area contributed by atoms with Crippen molar-refractivity contribution in [1.29, 1.82) is 0 Å². The van der Waals surface area contributed by atoms with Gasteiger partial charge in [-0.05, 0) is 25.0 Å². The van der Waals surface area contributed by atoms with Gasteiger partial charge in [-0.3, -0.25) is 4.79 Å². The van der Waals surface area contributed by atoms with E-state index in [0.29, 0.717) is 12.5 Å². The molecule has 18 heavy (non-hydrogen) atoms. The molecule has 2 aliphatic heterocycles. The number of thioether (sulfide) groups is 1. The first-order chi connectivity index (χ1) is 8.76. The molecule has 0 radical (unpaired) electrons. The van der Waals surface area contributed by atoms with E-state index in [1.807, 2.05) is 16.7 Å². The number of hydrogen-bond donors (Lipinski definition) is 1. The predicted octanol–water partition coefficient (Wildman–Crippen LogP) is 2.36. The zero-order chi connectivity index (χ0) is 13.0. The van der Waals surface area contributed by atoms with Crippen molar-refractivity contribution in [2.45, 2.75) is 44.3 Å². The largest absolute Gasteiger partial charge is 0.411 e. The fourth-order valence-electron chi connectivity index (χ4n) is 2.75. The average molecular weight is 270 g/mol. The molecule has 0 aromatic heterocycles. The molecule has 2 saturated heterocycles. The van der Waals surface area contributed by atoms with E-state index in [0.717, 1.165) is 37.3 Å². The van der Waals surface area contributed by atoms with Gasteiger partial charge in [-0.15, -0.1) is 11.8 Å². The van der Waals surface area contributed by atoms with Crippen LogP contribution in [0.15, 0.2) is 5.16 Å². The highest BCUT2D eigenvalue weighted by atomic mass is 32.2. The number of rotatable bonds is 2. The zero-order valence-electron chi connectivity index (χ0n) is 11.0. The zero-order valence-corrected chi connectivity index (χ0v) is 11.8. The second-order valence-electron chi connectivity index (χ2n) is 5.09. The lowest BCUT2D eigenvalue weighted by Gasteiger charge is -2.35. The highest BCUT2D eigenvalue weighted by molar-refractivity contribution is 8.00. The van der Waals surface area contributed by atoms with Crippen molar-refractivity contribution in [2.24, 2.45) is 11.1 Å². The van der Waals surface area contributed by atoms with Crippen molar-refractivity contribution < 1.29 is 10.0 Å². The molecule has 0 aromatic rings. The number of carbonyl (C=O) groups is 1. The Bertz CT molecular complexity index is 327. The van der Waals surface area contributed by atoms with Gasteiger partial charge in [0.2, 0.25) is 5.91 Å². The molecular formula is C13H22N2O2S. The summed E-state index contributed by atoms with van der Waals surface area (Å²) in [6.45, 7) is 3.52. The minimum atomic E-state index is 0.170. The summed E-state index contributed by atoms with van der Waals surface area (Å²) in [6, 6.07) is 0. The first kappa shape index (κ1) is 13.7. The number of amides is 1. The van der Waals surface area contributed by atoms with Crippen molar-refractivity contribution in [3.05, 3.63) is 0 Å². The van der Waals surface area contributed by atoms with Crippen molar-refractivity contribution in [2.75, 3.05) is 18.8 Å². The third-order valence-electron chi connectivity index (χ3n) is 3.94. The molecule has 2 heterocycles. The van der Waals surface area contributed by atoms with E-state index in [1.54, 1.807) is 0 Å². The van der Waals surface area contributed by atoms with E-state index in [4.69, 9.17) is 5.21 Å². The Morgan fingerprint density at radius 1 is 1.56 bits per heavy atom. The van der Waals surface area contributed by atoms with E-state index in [1.165, 1.54) is 12.8 Å². The van der Waals surface area contributed by atoms with Gasteiger partial charge >= 0.3 is 0 Å². The SMILES string of the molecule is CCC1CN(C(=O)C2CCCCS2)CCC1=NO. The van der Waals surface area contributed by atoms with Gasteiger partial charge in [0.1, 0.15) is 0 Å². The van der Waals surface area contributed by atoms with Crippen LogP contribution < -0.4 is 0 Å². The van der Waals surface area contributed by atoms with Crippen LogP contribution in [0, 0.1) is 5.92 Å². The lowest BCUT2D eigenvalue weighted by Crippen LogP contribution is -2.47. The van der Waals surface area contributed by atoms with Gasteiger partial charge in [0.05, 0.1) is 11.0 Å². The van der Waals surface area contributed by atoms with Gasteiger partial charge < -0.3 is 10.1 Å². The average Bonchev–Trinajstić information content (AvgIpc) is 2.46. The van der Waals surface area contributed by atoms with Gasteiger partial charge in [0.15, 0.2) is 0 Å². The van der Waals surface area contributed by atoms with Crippen LogP contribution in [0.3, 0.4) is 0 Å². The Balaban J connectivity index is 1.95. The fraction of sp³-hybridized carbons (Fsp3) is 0.846. The lowest BCUT2D eigenvalue weighted by atomic mass is 9.93. The smallest absolute Gasteiger partial charge is 0.235 e. The van der Waals surface area contributed by atoms with Crippen molar-refractivity contribution >= 4 is 23.4 Å². The number of oxime groups is 1. The van der Waals surface area contributed by atoms with Crippen molar-refractivity contribution in [1.82, 2.24) is 4.90 Å². The van der Waals surface area contributed by atoms with Crippen LogP contribution >= 0.6 is 11.8 Å². The van der Waals surface area contributed by atoms with E-state index in [2.05, 4.69) is 12.1 Å². The first-order valence-corrected chi connectivity index (χ1v) is 7.92. The molecule has 2 unspecified atom stereocenters. The molecule has 4 nitrogen and oxygen atoms in total. The van der Waals surface area contributed by atoms with E-state index in [9.17, 15) is 4.79 Å². The lowest BCUT2D eigenvalue weighted by molar-refractivity contribution is -0.131. The summed E-state index contributed by atoms with van der Waals surface area (Å²) in [5.74, 6) is 1.65. The minimum absolute atomic E-state index is 0.170. The molecule has 0 aliphatic carbocycles. The molecule has 5 heteroatoms. The predicted molar refractivity (Wildman–Crippen MR) is 74.3 cm³/mol. The van der Waals surface area contributed by atoms with Gasteiger partial charge in [-0.2, -0.15) is 0 Å². The van der Waals surface area contributed by atoms with E-state index < -0.39 is 0 Å². The second kappa shape index (κ2) is 6.45. The van der Waals surface area contributed by atoms with Crippen molar-refractivity contribution in [3.8, 4) is 0 Å². The Hall–Kier alpha value is -0.710. The summed E-state index contributed by atoms with van der Waals surface area (Å²) in [4.78, 5) is 14.4. The molecule has 102 valence electrons. The quantitative estimate of drug-likeness (QED) is 0.619. The summed E-state index contributed by atoms with van der Waals surface area (Å²) in [7, 11) is 0. The maximum absolute atomic E-state index is 12.4.